The summed E-state index contributed by atoms with van der Waals surface area (Å²) in [5.41, 5.74) is 4.53. The highest BCUT2D eigenvalue weighted by Gasteiger charge is 2.33. The maximum Gasteiger partial charge on any atom is 0.303 e. The summed E-state index contributed by atoms with van der Waals surface area (Å²) in [5, 5.41) is 0. The molecule has 3 aromatic carbocycles. The molecule has 0 saturated carbocycles. The molecule has 1 aliphatic heterocycles. The van der Waals surface area contributed by atoms with Crippen LogP contribution in [-0.4, -0.2) is 11.9 Å². The van der Waals surface area contributed by atoms with E-state index in [0.717, 1.165) is 35.3 Å². The fourth-order valence-corrected chi connectivity index (χ4v) is 3.69. The van der Waals surface area contributed by atoms with E-state index in [-0.39, 0.29) is 5.91 Å². The van der Waals surface area contributed by atoms with Gasteiger partial charge in [-0.25, -0.2) is 0 Å². The number of aryl methyl sites for hydroxylation is 2. The number of para-hydroxylation sites is 2. The topological polar surface area (TPSA) is 46.6 Å². The van der Waals surface area contributed by atoms with Gasteiger partial charge in [0, 0.05) is 12.5 Å². The van der Waals surface area contributed by atoms with Crippen molar-refractivity contribution in [2.75, 3.05) is 4.90 Å². The Kier molecular flexibility index (Phi) is 4.94. The second kappa shape index (κ2) is 7.69. The van der Waals surface area contributed by atoms with E-state index in [9.17, 15) is 9.59 Å². The van der Waals surface area contributed by atoms with Gasteiger partial charge in [-0.15, -0.1) is 0 Å². The number of hydrogen-bond acceptors (Lipinski definition) is 3. The Morgan fingerprint density at radius 2 is 1.29 bits per heavy atom. The van der Waals surface area contributed by atoms with Crippen molar-refractivity contribution >= 4 is 23.3 Å². The van der Waals surface area contributed by atoms with Crippen molar-refractivity contribution in [3.63, 3.8) is 0 Å². The molecule has 0 fully saturated rings. The largest absolute Gasteiger partial charge is 0.447 e. The zero-order valence-corrected chi connectivity index (χ0v) is 15.7. The molecule has 4 rings (SSSR count). The number of rotatable bonds is 3. The van der Waals surface area contributed by atoms with Crippen LogP contribution in [0.5, 0.6) is 0 Å². The first kappa shape index (κ1) is 18.0. The molecule has 0 saturated heterocycles. The first-order chi connectivity index (χ1) is 13.6. The second-order valence-corrected chi connectivity index (χ2v) is 6.83. The van der Waals surface area contributed by atoms with Gasteiger partial charge < -0.3 is 4.74 Å². The summed E-state index contributed by atoms with van der Waals surface area (Å²) in [4.78, 5) is 27.2. The number of fused-ring (bicyclic) bond motifs is 2. The van der Waals surface area contributed by atoms with Gasteiger partial charge in [0.1, 0.15) is 0 Å². The van der Waals surface area contributed by atoms with Crippen LogP contribution in [-0.2, 0) is 27.2 Å². The van der Waals surface area contributed by atoms with Gasteiger partial charge in [0.15, 0.2) is 0 Å². The highest BCUT2D eigenvalue weighted by atomic mass is 16.5. The average Bonchev–Trinajstić information content (AvgIpc) is 2.89. The van der Waals surface area contributed by atoms with E-state index >= 15 is 0 Å². The van der Waals surface area contributed by atoms with E-state index in [2.05, 4.69) is 0 Å². The summed E-state index contributed by atoms with van der Waals surface area (Å²) in [6.07, 6.45) is 0.694. The third kappa shape index (κ3) is 3.41. The number of carbonyl (C=O) groups is 2. The molecule has 1 heterocycles. The molecule has 0 aromatic heterocycles. The van der Waals surface area contributed by atoms with Crippen LogP contribution < -0.4 is 4.90 Å². The van der Waals surface area contributed by atoms with Crippen molar-refractivity contribution in [2.45, 2.75) is 25.9 Å². The van der Waals surface area contributed by atoms with E-state index in [0.29, 0.717) is 5.56 Å². The van der Waals surface area contributed by atoms with Crippen molar-refractivity contribution in [3.8, 4) is 0 Å². The number of anilines is 2. The molecular weight excluding hydrogens is 350 g/mol. The van der Waals surface area contributed by atoms with Gasteiger partial charge in [-0.05, 0) is 36.1 Å². The Labute approximate surface area is 164 Å². The molecule has 1 atom stereocenters. The number of amides is 1. The van der Waals surface area contributed by atoms with Crippen molar-refractivity contribution in [1.82, 2.24) is 0 Å². The zero-order valence-electron chi connectivity index (χ0n) is 15.7. The normalized spacial score (nSPS) is 13.7. The molecular formula is C24H21NO3. The summed E-state index contributed by atoms with van der Waals surface area (Å²) in [6, 6.07) is 25.0. The van der Waals surface area contributed by atoms with E-state index < -0.39 is 12.1 Å². The predicted octanol–water partition coefficient (Wildman–Crippen LogP) is 4.75. The van der Waals surface area contributed by atoms with Crippen LogP contribution in [0.25, 0.3) is 0 Å². The Hall–Kier alpha value is -3.40. The number of hydrogen-bond donors (Lipinski definition) is 0. The van der Waals surface area contributed by atoms with Crippen LogP contribution in [0, 0.1) is 0 Å². The van der Waals surface area contributed by atoms with Crippen molar-refractivity contribution in [2.24, 2.45) is 0 Å². The summed E-state index contributed by atoms with van der Waals surface area (Å²) in [5.74, 6) is -0.762. The van der Waals surface area contributed by atoms with Crippen molar-refractivity contribution in [1.29, 1.82) is 0 Å². The SMILES string of the molecule is CC(=O)O[C@H](C(=O)N1c2ccccc2CCc2ccccc21)c1ccccc1. The number of nitrogens with zero attached hydrogens (tertiary/aromatic N) is 1. The van der Waals surface area contributed by atoms with Crippen molar-refractivity contribution in [3.05, 3.63) is 95.6 Å². The van der Waals surface area contributed by atoms with Crippen molar-refractivity contribution < 1.29 is 14.3 Å². The summed E-state index contributed by atoms with van der Waals surface area (Å²) < 4.78 is 5.49. The number of benzene rings is 3. The first-order valence-electron chi connectivity index (χ1n) is 9.37. The highest BCUT2D eigenvalue weighted by Crippen LogP contribution is 2.38. The smallest absolute Gasteiger partial charge is 0.303 e. The van der Waals surface area contributed by atoms with Gasteiger partial charge in [-0.2, -0.15) is 0 Å². The highest BCUT2D eigenvalue weighted by molar-refractivity contribution is 6.05. The Bertz CT molecular complexity index is 966. The minimum atomic E-state index is -1.00. The Morgan fingerprint density at radius 1 is 0.786 bits per heavy atom. The van der Waals surface area contributed by atoms with Gasteiger partial charge >= 0.3 is 5.97 Å². The van der Waals surface area contributed by atoms with Crippen LogP contribution in [0.1, 0.15) is 29.7 Å². The molecule has 0 N–H and O–H groups in total. The van der Waals surface area contributed by atoms with Crippen LogP contribution in [0.4, 0.5) is 11.4 Å². The van der Waals surface area contributed by atoms with Gasteiger partial charge in [-0.3, -0.25) is 14.5 Å². The Balaban J connectivity index is 1.86. The average molecular weight is 371 g/mol. The first-order valence-corrected chi connectivity index (χ1v) is 9.37. The lowest BCUT2D eigenvalue weighted by Gasteiger charge is -2.28. The molecule has 4 nitrogen and oxygen atoms in total. The third-order valence-electron chi connectivity index (χ3n) is 4.96. The van der Waals surface area contributed by atoms with E-state index in [4.69, 9.17) is 4.74 Å². The predicted molar refractivity (Wildman–Crippen MR) is 108 cm³/mol. The number of esters is 1. The molecule has 0 unspecified atom stereocenters. The molecule has 0 radical (unpaired) electrons. The van der Waals surface area contributed by atoms with Gasteiger partial charge in [0.05, 0.1) is 11.4 Å². The molecule has 140 valence electrons. The lowest BCUT2D eigenvalue weighted by molar-refractivity contribution is -0.153. The second-order valence-electron chi connectivity index (χ2n) is 6.83. The molecule has 1 aliphatic rings. The third-order valence-corrected chi connectivity index (χ3v) is 4.96. The monoisotopic (exact) mass is 371 g/mol. The minimum absolute atomic E-state index is 0.275. The van der Waals surface area contributed by atoms with Crippen LogP contribution in [0.2, 0.25) is 0 Å². The quantitative estimate of drug-likeness (QED) is 0.624. The molecule has 0 spiro atoms. The zero-order chi connectivity index (χ0) is 19.5. The fourth-order valence-electron chi connectivity index (χ4n) is 3.69. The molecule has 28 heavy (non-hydrogen) atoms. The summed E-state index contributed by atoms with van der Waals surface area (Å²) in [7, 11) is 0. The molecule has 0 bridgehead atoms. The van der Waals surface area contributed by atoms with E-state index in [1.807, 2.05) is 66.7 Å². The molecule has 1 amide bonds. The van der Waals surface area contributed by atoms with E-state index in [1.54, 1.807) is 17.0 Å². The van der Waals surface area contributed by atoms with Crippen LogP contribution in [0.15, 0.2) is 78.9 Å². The lowest BCUT2D eigenvalue weighted by Crippen LogP contribution is -2.34. The lowest BCUT2D eigenvalue weighted by atomic mass is 10.0. The molecule has 0 aliphatic carbocycles. The molecule has 4 heteroatoms. The summed E-state index contributed by atoms with van der Waals surface area (Å²) in [6.45, 7) is 1.33. The Morgan fingerprint density at radius 3 is 1.82 bits per heavy atom. The van der Waals surface area contributed by atoms with Gasteiger partial charge in [0.25, 0.3) is 5.91 Å². The minimum Gasteiger partial charge on any atom is -0.447 e. The van der Waals surface area contributed by atoms with Gasteiger partial charge in [-0.1, -0.05) is 66.7 Å². The van der Waals surface area contributed by atoms with Crippen LogP contribution in [0.3, 0.4) is 0 Å². The standard InChI is InChI=1S/C24H21NO3/c1-17(26)28-23(20-11-3-2-4-12-20)24(27)25-21-13-7-5-9-18(21)15-16-19-10-6-8-14-22(19)25/h2-14,23H,15-16H2,1H3/t23-/m0/s1. The van der Waals surface area contributed by atoms with Crippen LogP contribution >= 0.6 is 0 Å². The fraction of sp³-hybridized carbons (Fsp3) is 0.167. The number of ether oxygens (including phenoxy) is 1. The molecule has 3 aromatic rings. The van der Waals surface area contributed by atoms with E-state index in [1.165, 1.54) is 6.92 Å². The summed E-state index contributed by atoms with van der Waals surface area (Å²) >= 11 is 0. The van der Waals surface area contributed by atoms with Gasteiger partial charge in [0.2, 0.25) is 6.10 Å². The number of carbonyl (C=O) groups excluding carboxylic acids is 2. The maximum absolute atomic E-state index is 13.8. The maximum atomic E-state index is 13.8.